The number of benzene rings is 1. The molecule has 0 spiro atoms. The number of hydrogen-bond acceptors (Lipinski definition) is 4. The van der Waals surface area contributed by atoms with Gasteiger partial charge in [0.15, 0.2) is 0 Å². The van der Waals surface area contributed by atoms with Gasteiger partial charge in [-0.05, 0) is 57.6 Å². The molecule has 0 N–H and O–H groups in total. The third-order valence-corrected chi connectivity index (χ3v) is 5.79. The van der Waals surface area contributed by atoms with Crippen LogP contribution in [0.3, 0.4) is 0 Å². The van der Waals surface area contributed by atoms with Crippen molar-refractivity contribution in [2.75, 3.05) is 13.6 Å². The second-order valence-electron chi connectivity index (χ2n) is 7.87. The van der Waals surface area contributed by atoms with Crippen LogP contribution in [0.5, 0.6) is 0 Å². The van der Waals surface area contributed by atoms with Crippen LogP contribution in [0.15, 0.2) is 41.1 Å². The quantitative estimate of drug-likeness (QED) is 0.516. The molecule has 4 aromatic rings. The first-order valence-electron chi connectivity index (χ1n) is 9.74. The predicted octanol–water partition coefficient (Wildman–Crippen LogP) is 4.59. The Labute approximate surface area is 164 Å². The molecule has 0 radical (unpaired) electrons. The first-order chi connectivity index (χ1) is 13.5. The molecular weight excluding hydrogens is 348 g/mol. The molecule has 5 nitrogen and oxygen atoms in total. The van der Waals surface area contributed by atoms with E-state index in [2.05, 4.69) is 58.9 Å². The van der Waals surface area contributed by atoms with Crippen LogP contribution in [0.4, 0.5) is 0 Å². The lowest BCUT2D eigenvalue weighted by Crippen LogP contribution is -2.27. The highest BCUT2D eigenvalue weighted by atomic mass is 16.5. The lowest BCUT2D eigenvalue weighted by molar-refractivity contribution is 0.311. The third-order valence-electron chi connectivity index (χ3n) is 5.79. The maximum atomic E-state index is 5.32. The molecule has 0 amide bonds. The van der Waals surface area contributed by atoms with Gasteiger partial charge in [-0.1, -0.05) is 16.8 Å². The highest BCUT2D eigenvalue weighted by molar-refractivity contribution is 5.88. The van der Waals surface area contributed by atoms with Crippen LogP contribution in [-0.2, 0) is 13.0 Å². The SMILES string of the molecule is Cc1ccc2c(c1)c1c(n2-c2ccc(-c3c(C)noc3C)cn2)CCN(C)C1. The van der Waals surface area contributed by atoms with Crippen molar-refractivity contribution in [2.24, 2.45) is 0 Å². The molecule has 1 aliphatic rings. The maximum absolute atomic E-state index is 5.32. The van der Waals surface area contributed by atoms with Crippen molar-refractivity contribution >= 4 is 10.9 Å². The van der Waals surface area contributed by atoms with Gasteiger partial charge in [0.2, 0.25) is 0 Å². The summed E-state index contributed by atoms with van der Waals surface area (Å²) >= 11 is 0. The predicted molar refractivity (Wildman–Crippen MR) is 111 cm³/mol. The van der Waals surface area contributed by atoms with Crippen molar-refractivity contribution in [1.82, 2.24) is 19.6 Å². The van der Waals surface area contributed by atoms with Gasteiger partial charge in [0, 0.05) is 47.9 Å². The van der Waals surface area contributed by atoms with Crippen LogP contribution < -0.4 is 0 Å². The minimum Gasteiger partial charge on any atom is -0.361 e. The van der Waals surface area contributed by atoms with Crippen molar-refractivity contribution in [2.45, 2.75) is 33.7 Å². The average molecular weight is 372 g/mol. The number of hydrogen-bond donors (Lipinski definition) is 0. The van der Waals surface area contributed by atoms with Crippen molar-refractivity contribution in [1.29, 1.82) is 0 Å². The summed E-state index contributed by atoms with van der Waals surface area (Å²) in [4.78, 5) is 7.23. The van der Waals surface area contributed by atoms with Gasteiger partial charge in [-0.15, -0.1) is 0 Å². The molecule has 0 fully saturated rings. The molecule has 5 heteroatoms. The van der Waals surface area contributed by atoms with E-state index in [1.54, 1.807) is 0 Å². The van der Waals surface area contributed by atoms with Gasteiger partial charge in [0.1, 0.15) is 11.6 Å². The molecule has 0 saturated heterocycles. The number of likely N-dealkylation sites (N-methyl/N-ethyl adjacent to an activating group) is 1. The first-order valence-corrected chi connectivity index (χ1v) is 9.74. The van der Waals surface area contributed by atoms with Gasteiger partial charge in [0.25, 0.3) is 0 Å². The average Bonchev–Trinajstić information content (AvgIpc) is 3.18. The van der Waals surface area contributed by atoms with Crippen LogP contribution in [0.1, 0.15) is 28.3 Å². The molecule has 1 aliphatic heterocycles. The Morgan fingerprint density at radius 2 is 1.93 bits per heavy atom. The largest absolute Gasteiger partial charge is 0.361 e. The van der Waals surface area contributed by atoms with E-state index in [1.165, 1.54) is 27.7 Å². The van der Waals surface area contributed by atoms with Crippen molar-refractivity contribution in [3.8, 4) is 16.9 Å². The van der Waals surface area contributed by atoms with Gasteiger partial charge >= 0.3 is 0 Å². The molecule has 1 aromatic carbocycles. The molecule has 0 aliphatic carbocycles. The molecule has 0 saturated carbocycles. The Bertz CT molecular complexity index is 1160. The Hall–Kier alpha value is -2.92. The number of pyridine rings is 1. The highest BCUT2D eigenvalue weighted by Crippen LogP contribution is 2.34. The van der Waals surface area contributed by atoms with E-state index >= 15 is 0 Å². The summed E-state index contributed by atoms with van der Waals surface area (Å²) in [6.07, 6.45) is 2.97. The zero-order valence-corrected chi connectivity index (χ0v) is 16.8. The molecular formula is C23H24N4O. The van der Waals surface area contributed by atoms with E-state index in [-0.39, 0.29) is 0 Å². The molecule has 3 aromatic heterocycles. The number of nitrogens with zero attached hydrogens (tertiary/aromatic N) is 4. The van der Waals surface area contributed by atoms with E-state index in [0.29, 0.717) is 0 Å². The van der Waals surface area contributed by atoms with Crippen LogP contribution in [0.25, 0.3) is 27.8 Å². The minimum absolute atomic E-state index is 0.828. The third kappa shape index (κ3) is 2.58. The maximum Gasteiger partial charge on any atom is 0.141 e. The van der Waals surface area contributed by atoms with E-state index < -0.39 is 0 Å². The zero-order chi connectivity index (χ0) is 19.4. The topological polar surface area (TPSA) is 47.1 Å². The summed E-state index contributed by atoms with van der Waals surface area (Å²) < 4.78 is 7.66. The number of aromatic nitrogens is 3. The second-order valence-corrected chi connectivity index (χ2v) is 7.87. The summed E-state index contributed by atoms with van der Waals surface area (Å²) in [5.41, 5.74) is 8.33. The lowest BCUT2D eigenvalue weighted by Gasteiger charge is -2.24. The van der Waals surface area contributed by atoms with Crippen LogP contribution in [0, 0.1) is 20.8 Å². The van der Waals surface area contributed by atoms with Crippen molar-refractivity contribution < 1.29 is 4.52 Å². The Morgan fingerprint density at radius 3 is 2.64 bits per heavy atom. The summed E-state index contributed by atoms with van der Waals surface area (Å²) in [6, 6.07) is 11.0. The molecule has 28 heavy (non-hydrogen) atoms. The normalized spacial score (nSPS) is 14.6. The van der Waals surface area contributed by atoms with Crippen LogP contribution >= 0.6 is 0 Å². The van der Waals surface area contributed by atoms with Gasteiger partial charge in [-0.25, -0.2) is 4.98 Å². The molecule has 0 atom stereocenters. The molecule has 142 valence electrons. The Kier molecular flexibility index (Phi) is 3.88. The first kappa shape index (κ1) is 17.2. The van der Waals surface area contributed by atoms with Gasteiger partial charge in [-0.3, -0.25) is 4.57 Å². The molecule has 0 unspecified atom stereocenters. The van der Waals surface area contributed by atoms with E-state index in [9.17, 15) is 0 Å². The summed E-state index contributed by atoms with van der Waals surface area (Å²) in [6.45, 7) is 8.12. The zero-order valence-electron chi connectivity index (χ0n) is 16.8. The smallest absolute Gasteiger partial charge is 0.141 e. The molecule has 0 bridgehead atoms. The van der Waals surface area contributed by atoms with Gasteiger partial charge in [-0.2, -0.15) is 0 Å². The minimum atomic E-state index is 0.828. The number of aryl methyl sites for hydroxylation is 3. The fraction of sp³-hybridized carbons (Fsp3) is 0.304. The van der Waals surface area contributed by atoms with Gasteiger partial charge in [0.05, 0.1) is 11.2 Å². The number of rotatable bonds is 2. The summed E-state index contributed by atoms with van der Waals surface area (Å²) in [7, 11) is 2.19. The van der Waals surface area contributed by atoms with E-state index in [4.69, 9.17) is 9.51 Å². The summed E-state index contributed by atoms with van der Waals surface area (Å²) in [5, 5.41) is 5.41. The Morgan fingerprint density at radius 1 is 1.07 bits per heavy atom. The van der Waals surface area contributed by atoms with Crippen LogP contribution in [-0.4, -0.2) is 33.2 Å². The molecule has 4 heterocycles. The van der Waals surface area contributed by atoms with E-state index in [0.717, 1.165) is 47.9 Å². The second kappa shape index (κ2) is 6.31. The Balaban J connectivity index is 1.68. The number of fused-ring (bicyclic) bond motifs is 3. The summed E-state index contributed by atoms with van der Waals surface area (Å²) in [5.74, 6) is 1.80. The van der Waals surface area contributed by atoms with Gasteiger partial charge < -0.3 is 9.42 Å². The molecule has 5 rings (SSSR count). The van der Waals surface area contributed by atoms with E-state index in [1.807, 2.05) is 20.0 Å². The van der Waals surface area contributed by atoms with Crippen LogP contribution in [0.2, 0.25) is 0 Å². The fourth-order valence-electron chi connectivity index (χ4n) is 4.43. The van der Waals surface area contributed by atoms with Crippen molar-refractivity contribution in [3.05, 3.63) is 64.8 Å². The lowest BCUT2D eigenvalue weighted by atomic mass is 10.0. The fourth-order valence-corrected chi connectivity index (χ4v) is 4.43. The monoisotopic (exact) mass is 372 g/mol. The van der Waals surface area contributed by atoms with Crippen molar-refractivity contribution in [3.63, 3.8) is 0 Å². The standard InChI is InChI=1S/C23H24N4O/c1-14-5-7-20-18(11-14)19-13-26(4)10-9-21(19)27(20)22-8-6-17(12-24-22)23-15(2)25-28-16(23)3/h5-8,11-12H,9-10,13H2,1-4H3. The highest BCUT2D eigenvalue weighted by Gasteiger charge is 2.23.